The van der Waals surface area contributed by atoms with Crippen molar-refractivity contribution in [1.82, 2.24) is 4.98 Å². The highest BCUT2D eigenvalue weighted by atomic mass is 16.6. The van der Waals surface area contributed by atoms with E-state index >= 15 is 0 Å². The molecule has 0 atom stereocenters. The van der Waals surface area contributed by atoms with Gasteiger partial charge in [-0.15, -0.1) is 0 Å². The molecule has 0 aliphatic rings. The van der Waals surface area contributed by atoms with Crippen LogP contribution in [0.2, 0.25) is 0 Å². The van der Waals surface area contributed by atoms with Crippen LogP contribution in [0, 0.1) is 6.92 Å². The molecule has 2 aromatic heterocycles. The predicted molar refractivity (Wildman–Crippen MR) is 65.4 cm³/mol. The Morgan fingerprint density at radius 3 is 2.76 bits per heavy atom. The van der Waals surface area contributed by atoms with Crippen molar-refractivity contribution in [2.75, 3.05) is 7.11 Å². The average Bonchev–Trinajstić information content (AvgIpc) is 2.78. The number of aryl methyl sites for hydroxylation is 2. The van der Waals surface area contributed by atoms with Crippen molar-refractivity contribution >= 4 is 0 Å². The van der Waals surface area contributed by atoms with Crippen LogP contribution in [0.15, 0.2) is 27.4 Å². The lowest BCUT2D eigenvalue weighted by Gasteiger charge is -2.04. The fourth-order valence-corrected chi connectivity index (χ4v) is 1.76. The molecule has 0 bridgehead atoms. The van der Waals surface area contributed by atoms with Crippen LogP contribution >= 0.6 is 0 Å². The summed E-state index contributed by atoms with van der Waals surface area (Å²) in [6, 6.07) is 5.46. The Kier molecular flexibility index (Phi) is 3.04. The summed E-state index contributed by atoms with van der Waals surface area (Å²) in [5.74, 6) is 1.16. The zero-order valence-electron chi connectivity index (χ0n) is 10.2. The largest absolute Gasteiger partial charge is 0.468 e. The first-order valence-corrected chi connectivity index (χ1v) is 5.52. The summed E-state index contributed by atoms with van der Waals surface area (Å²) < 4.78 is 10.5. The molecule has 0 radical (unpaired) electrons. The Bertz CT molecular complexity index is 581. The number of hydrogen-bond acceptors (Lipinski definition) is 3. The Morgan fingerprint density at radius 2 is 2.18 bits per heavy atom. The first-order chi connectivity index (χ1) is 8.15. The van der Waals surface area contributed by atoms with Crippen molar-refractivity contribution in [2.45, 2.75) is 20.3 Å². The van der Waals surface area contributed by atoms with E-state index in [1.807, 2.05) is 26.0 Å². The van der Waals surface area contributed by atoms with E-state index in [0.29, 0.717) is 18.1 Å². The number of nitrogens with one attached hydrogen (secondary N) is 1. The van der Waals surface area contributed by atoms with Crippen LogP contribution in [0.4, 0.5) is 0 Å². The van der Waals surface area contributed by atoms with Crippen LogP contribution in [0.1, 0.15) is 18.2 Å². The molecule has 4 nitrogen and oxygen atoms in total. The third-order valence-electron chi connectivity index (χ3n) is 2.74. The Labute approximate surface area is 99.2 Å². The lowest BCUT2D eigenvalue weighted by atomic mass is 10.1. The van der Waals surface area contributed by atoms with Gasteiger partial charge >= 0.3 is 0 Å². The molecule has 0 unspecified atom stereocenters. The van der Waals surface area contributed by atoms with E-state index in [0.717, 1.165) is 16.8 Å². The first kappa shape index (κ1) is 11.5. The molecular formula is C13H15NO3. The van der Waals surface area contributed by atoms with E-state index in [1.165, 1.54) is 0 Å². The lowest BCUT2D eigenvalue weighted by Crippen LogP contribution is -2.13. The minimum absolute atomic E-state index is 0.0349. The maximum atomic E-state index is 11.6. The van der Waals surface area contributed by atoms with Gasteiger partial charge in [0.15, 0.2) is 0 Å². The van der Waals surface area contributed by atoms with E-state index in [1.54, 1.807) is 13.2 Å². The van der Waals surface area contributed by atoms with Crippen molar-refractivity contribution in [3.63, 3.8) is 0 Å². The van der Waals surface area contributed by atoms with Gasteiger partial charge in [-0.25, -0.2) is 0 Å². The Balaban J connectivity index is 2.54. The highest BCUT2D eigenvalue weighted by Gasteiger charge is 2.10. The molecule has 0 amide bonds. The summed E-state index contributed by atoms with van der Waals surface area (Å²) in [5.41, 5.74) is 2.40. The number of rotatable bonds is 3. The number of ether oxygens (including phenoxy) is 1. The van der Waals surface area contributed by atoms with E-state index in [4.69, 9.17) is 9.15 Å². The highest BCUT2D eigenvalue weighted by molar-refractivity contribution is 5.61. The van der Waals surface area contributed by atoms with E-state index < -0.39 is 0 Å². The van der Waals surface area contributed by atoms with Gasteiger partial charge in [0.2, 0.25) is 0 Å². The molecule has 4 heteroatoms. The van der Waals surface area contributed by atoms with Crippen LogP contribution in [-0.4, -0.2) is 12.1 Å². The molecule has 2 heterocycles. The topological polar surface area (TPSA) is 55.2 Å². The number of aromatic nitrogens is 1. The van der Waals surface area contributed by atoms with Gasteiger partial charge < -0.3 is 14.1 Å². The molecule has 2 aromatic rings. The number of methoxy groups -OCH3 is 1. The van der Waals surface area contributed by atoms with Crippen LogP contribution in [0.3, 0.4) is 0 Å². The third-order valence-corrected chi connectivity index (χ3v) is 2.74. The van der Waals surface area contributed by atoms with E-state index in [-0.39, 0.29) is 5.56 Å². The first-order valence-electron chi connectivity index (χ1n) is 5.52. The Hall–Kier alpha value is -1.97. The number of H-pyrrole nitrogens is 1. The van der Waals surface area contributed by atoms with Crippen LogP contribution in [0.25, 0.3) is 11.3 Å². The minimum atomic E-state index is -0.0349. The molecule has 0 spiro atoms. The molecular weight excluding hydrogens is 218 g/mol. The molecule has 0 saturated carbocycles. The predicted octanol–water partition coefficient (Wildman–Crippen LogP) is 2.51. The molecule has 0 saturated heterocycles. The molecule has 0 aromatic carbocycles. The molecule has 17 heavy (non-hydrogen) atoms. The van der Waals surface area contributed by atoms with Gasteiger partial charge in [-0.05, 0) is 25.5 Å². The summed E-state index contributed by atoms with van der Waals surface area (Å²) in [6.45, 7) is 3.80. The Morgan fingerprint density at radius 1 is 1.41 bits per heavy atom. The monoisotopic (exact) mass is 233 g/mol. The minimum Gasteiger partial charge on any atom is -0.468 e. The van der Waals surface area contributed by atoms with Gasteiger partial charge in [-0.2, -0.15) is 0 Å². The summed E-state index contributed by atoms with van der Waals surface area (Å²) in [6.07, 6.45) is 0.695. The summed E-state index contributed by atoms with van der Waals surface area (Å²) in [7, 11) is 1.56. The fourth-order valence-electron chi connectivity index (χ4n) is 1.76. The SMILES string of the molecule is CCc1cc(-c2ccc(OC)o2)c(C)[nH]c1=O. The number of pyridine rings is 1. The molecule has 2 rings (SSSR count). The quantitative estimate of drug-likeness (QED) is 0.886. The molecule has 0 aliphatic carbocycles. The van der Waals surface area contributed by atoms with Gasteiger partial charge in [0.1, 0.15) is 5.76 Å². The zero-order valence-corrected chi connectivity index (χ0v) is 10.2. The van der Waals surface area contributed by atoms with Crippen molar-refractivity contribution in [1.29, 1.82) is 0 Å². The summed E-state index contributed by atoms with van der Waals surface area (Å²) in [4.78, 5) is 14.4. The van der Waals surface area contributed by atoms with E-state index in [9.17, 15) is 4.79 Å². The van der Waals surface area contributed by atoms with Crippen LogP contribution < -0.4 is 10.3 Å². The van der Waals surface area contributed by atoms with Gasteiger partial charge in [0.25, 0.3) is 11.5 Å². The second kappa shape index (κ2) is 4.49. The number of hydrogen-bond donors (Lipinski definition) is 1. The van der Waals surface area contributed by atoms with Gasteiger partial charge in [-0.1, -0.05) is 6.92 Å². The van der Waals surface area contributed by atoms with Gasteiger partial charge in [0, 0.05) is 22.9 Å². The van der Waals surface area contributed by atoms with Crippen LogP contribution in [-0.2, 0) is 6.42 Å². The second-order valence-corrected chi connectivity index (χ2v) is 3.84. The van der Waals surface area contributed by atoms with Crippen molar-refractivity contribution in [3.05, 3.63) is 39.8 Å². The number of furan rings is 1. The zero-order chi connectivity index (χ0) is 12.4. The normalized spacial score (nSPS) is 10.5. The highest BCUT2D eigenvalue weighted by Crippen LogP contribution is 2.27. The van der Waals surface area contributed by atoms with Crippen molar-refractivity contribution in [3.8, 4) is 17.3 Å². The maximum absolute atomic E-state index is 11.6. The lowest BCUT2D eigenvalue weighted by molar-refractivity contribution is 0.309. The third kappa shape index (κ3) is 2.11. The second-order valence-electron chi connectivity index (χ2n) is 3.84. The van der Waals surface area contributed by atoms with Crippen LogP contribution in [0.5, 0.6) is 5.95 Å². The van der Waals surface area contributed by atoms with Crippen molar-refractivity contribution in [2.24, 2.45) is 0 Å². The fraction of sp³-hybridized carbons (Fsp3) is 0.308. The summed E-state index contributed by atoms with van der Waals surface area (Å²) in [5, 5.41) is 0. The van der Waals surface area contributed by atoms with Gasteiger partial charge in [-0.3, -0.25) is 4.79 Å². The smallest absolute Gasteiger partial charge is 0.284 e. The van der Waals surface area contributed by atoms with Gasteiger partial charge in [0.05, 0.1) is 7.11 Å². The molecule has 1 N–H and O–H groups in total. The summed E-state index contributed by atoms with van der Waals surface area (Å²) >= 11 is 0. The average molecular weight is 233 g/mol. The standard InChI is InChI=1S/C13H15NO3/c1-4-9-7-10(8(2)14-13(9)15)11-5-6-12(16-3)17-11/h5-7H,4H2,1-3H3,(H,14,15). The number of aromatic amines is 1. The van der Waals surface area contributed by atoms with E-state index in [2.05, 4.69) is 4.98 Å². The maximum Gasteiger partial charge on any atom is 0.284 e. The molecule has 0 fully saturated rings. The molecule has 0 aliphatic heterocycles. The molecule has 90 valence electrons. The van der Waals surface area contributed by atoms with Crippen molar-refractivity contribution < 1.29 is 9.15 Å².